The fourth-order valence-corrected chi connectivity index (χ4v) is 3.04. The minimum Gasteiger partial charge on any atom is -0.467 e. The van der Waals surface area contributed by atoms with Crippen molar-refractivity contribution in [2.45, 2.75) is 25.4 Å². The fraction of sp³-hybridized carbons (Fsp3) is 0.353. The van der Waals surface area contributed by atoms with Crippen LogP contribution in [0.3, 0.4) is 0 Å². The second-order valence-electron chi connectivity index (χ2n) is 5.97. The van der Waals surface area contributed by atoms with Gasteiger partial charge in [-0.3, -0.25) is 0 Å². The van der Waals surface area contributed by atoms with E-state index in [9.17, 15) is 18.4 Å². The topological polar surface area (TPSA) is 87.3 Å². The molecule has 0 saturated heterocycles. The summed E-state index contributed by atoms with van der Waals surface area (Å²) in [6.45, 7) is 1.72. The van der Waals surface area contributed by atoms with Crippen molar-refractivity contribution in [2.24, 2.45) is 0 Å². The molecule has 0 fully saturated rings. The van der Waals surface area contributed by atoms with Crippen LogP contribution in [0.2, 0.25) is 0 Å². The Hall–Kier alpha value is -2.97. The van der Waals surface area contributed by atoms with Crippen LogP contribution in [0.15, 0.2) is 24.5 Å². The number of nitrogens with one attached hydrogen (secondary N) is 2. The van der Waals surface area contributed by atoms with E-state index in [-0.39, 0.29) is 12.1 Å². The molecular formula is C17H18F2N4O3. The molecule has 7 nitrogen and oxygen atoms in total. The molecular weight excluding hydrogens is 346 g/mol. The molecule has 2 heterocycles. The van der Waals surface area contributed by atoms with E-state index in [1.54, 1.807) is 0 Å². The van der Waals surface area contributed by atoms with Crippen molar-refractivity contribution in [1.29, 1.82) is 0 Å². The molecule has 0 spiro atoms. The molecule has 9 heteroatoms. The van der Waals surface area contributed by atoms with Gasteiger partial charge in [-0.05, 0) is 25.1 Å². The van der Waals surface area contributed by atoms with Crippen molar-refractivity contribution in [1.82, 2.24) is 20.2 Å². The monoisotopic (exact) mass is 364 g/mol. The van der Waals surface area contributed by atoms with Gasteiger partial charge >= 0.3 is 12.0 Å². The normalized spacial score (nSPS) is 17.4. The maximum absolute atomic E-state index is 14.4. The van der Waals surface area contributed by atoms with Gasteiger partial charge in [0.1, 0.15) is 23.7 Å². The molecule has 138 valence electrons. The number of halogens is 2. The summed E-state index contributed by atoms with van der Waals surface area (Å²) < 4.78 is 32.7. The Balaban J connectivity index is 1.97. The molecule has 2 N–H and O–H groups in total. The summed E-state index contributed by atoms with van der Waals surface area (Å²) in [5.41, 5.74) is 1.20. The molecule has 1 aromatic carbocycles. The minimum absolute atomic E-state index is 0.000999. The second-order valence-corrected chi connectivity index (χ2v) is 5.97. The lowest BCUT2D eigenvalue weighted by atomic mass is 9.95. The van der Waals surface area contributed by atoms with Crippen LogP contribution in [0.1, 0.15) is 29.9 Å². The van der Waals surface area contributed by atoms with E-state index in [4.69, 9.17) is 0 Å². The number of carbonyl (C=O) groups excluding carboxylic acids is 2. The molecule has 2 unspecified atom stereocenters. The zero-order valence-electron chi connectivity index (χ0n) is 14.3. The number of aromatic amines is 1. The Kier molecular flexibility index (Phi) is 4.88. The first-order chi connectivity index (χ1) is 12.4. The predicted molar refractivity (Wildman–Crippen MR) is 87.2 cm³/mol. The van der Waals surface area contributed by atoms with Crippen LogP contribution >= 0.6 is 0 Å². The van der Waals surface area contributed by atoms with Gasteiger partial charge < -0.3 is 19.9 Å². The van der Waals surface area contributed by atoms with Gasteiger partial charge in [-0.15, -0.1) is 0 Å². The first-order valence-corrected chi connectivity index (χ1v) is 8.04. The zero-order chi connectivity index (χ0) is 18.8. The van der Waals surface area contributed by atoms with Crippen molar-refractivity contribution in [3.8, 4) is 0 Å². The highest BCUT2D eigenvalue weighted by atomic mass is 19.1. The van der Waals surface area contributed by atoms with Crippen LogP contribution in [-0.2, 0) is 16.0 Å². The molecule has 0 bridgehead atoms. The molecule has 1 aromatic heterocycles. The smallest absolute Gasteiger partial charge is 0.328 e. The third kappa shape index (κ3) is 3.24. The molecule has 0 aliphatic carbocycles. The number of urea groups is 1. The summed E-state index contributed by atoms with van der Waals surface area (Å²) in [6.07, 6.45) is 1.93. The number of hydrogen-bond acceptors (Lipinski definition) is 4. The summed E-state index contributed by atoms with van der Waals surface area (Å²) in [5, 5.41) is 2.52. The van der Waals surface area contributed by atoms with Crippen molar-refractivity contribution < 1.29 is 23.1 Å². The Morgan fingerprint density at radius 1 is 1.42 bits per heavy atom. The first-order valence-electron chi connectivity index (χ1n) is 8.04. The second kappa shape index (κ2) is 7.11. The van der Waals surface area contributed by atoms with E-state index in [0.717, 1.165) is 23.9 Å². The van der Waals surface area contributed by atoms with Gasteiger partial charge in [-0.2, -0.15) is 0 Å². The van der Waals surface area contributed by atoms with E-state index in [1.807, 2.05) is 0 Å². The van der Waals surface area contributed by atoms with Crippen LogP contribution in [-0.4, -0.2) is 46.6 Å². The van der Waals surface area contributed by atoms with Crippen molar-refractivity contribution in [3.63, 3.8) is 0 Å². The number of imidazole rings is 1. The molecule has 3 rings (SSSR count). The summed E-state index contributed by atoms with van der Waals surface area (Å²) >= 11 is 0. The Morgan fingerprint density at radius 3 is 2.92 bits per heavy atom. The standard InChI is InChI=1S/C17H18F2N4O3/c1-9(16(24)26-2)22-17(25)23-6-5-13-14(21-8-20-13)15(23)11-7-10(18)3-4-12(11)19/h3-4,7-9,15H,5-6H2,1-2H3,(H,20,21)(H,22,25). The highest BCUT2D eigenvalue weighted by Gasteiger charge is 2.36. The van der Waals surface area contributed by atoms with Crippen LogP contribution in [0, 0.1) is 11.6 Å². The van der Waals surface area contributed by atoms with Gasteiger partial charge in [-0.25, -0.2) is 23.4 Å². The van der Waals surface area contributed by atoms with E-state index in [0.29, 0.717) is 12.1 Å². The summed E-state index contributed by atoms with van der Waals surface area (Å²) in [5.74, 6) is -1.87. The molecule has 1 aliphatic rings. The van der Waals surface area contributed by atoms with Crippen LogP contribution < -0.4 is 5.32 Å². The number of ether oxygens (including phenoxy) is 1. The van der Waals surface area contributed by atoms with Gasteiger partial charge in [0.05, 0.1) is 19.1 Å². The maximum Gasteiger partial charge on any atom is 0.328 e. The number of carbonyl (C=O) groups is 2. The van der Waals surface area contributed by atoms with Gasteiger partial charge in [0.15, 0.2) is 0 Å². The number of rotatable bonds is 3. The molecule has 2 atom stereocenters. The van der Waals surface area contributed by atoms with Crippen LogP contribution in [0.5, 0.6) is 0 Å². The van der Waals surface area contributed by atoms with Crippen molar-refractivity contribution in [2.75, 3.05) is 13.7 Å². The lowest BCUT2D eigenvalue weighted by molar-refractivity contribution is -0.142. The number of esters is 1. The molecule has 2 amide bonds. The number of amides is 2. The van der Waals surface area contributed by atoms with Gasteiger partial charge in [-0.1, -0.05) is 0 Å². The number of benzene rings is 1. The van der Waals surface area contributed by atoms with Crippen LogP contribution in [0.4, 0.5) is 13.6 Å². The average Bonchev–Trinajstić information content (AvgIpc) is 3.10. The molecule has 0 saturated carbocycles. The first kappa shape index (κ1) is 17.8. The molecule has 2 aromatic rings. The van der Waals surface area contributed by atoms with E-state index in [1.165, 1.54) is 25.3 Å². The number of fused-ring (bicyclic) bond motifs is 1. The molecule has 26 heavy (non-hydrogen) atoms. The summed E-state index contributed by atoms with van der Waals surface area (Å²) in [4.78, 5) is 32.7. The van der Waals surface area contributed by atoms with Crippen molar-refractivity contribution in [3.05, 3.63) is 53.1 Å². The Morgan fingerprint density at radius 2 is 2.19 bits per heavy atom. The third-order valence-electron chi connectivity index (χ3n) is 4.33. The largest absolute Gasteiger partial charge is 0.467 e. The molecule has 1 aliphatic heterocycles. The minimum atomic E-state index is -0.912. The Bertz CT molecular complexity index is 839. The average molecular weight is 364 g/mol. The predicted octanol–water partition coefficient (Wildman–Crippen LogP) is 1.91. The number of hydrogen-bond donors (Lipinski definition) is 2. The quantitative estimate of drug-likeness (QED) is 0.815. The number of aromatic nitrogens is 2. The van der Waals surface area contributed by atoms with E-state index >= 15 is 0 Å². The maximum atomic E-state index is 14.4. The SMILES string of the molecule is COC(=O)C(C)NC(=O)N1CCc2[nH]cnc2C1c1cc(F)ccc1F. The van der Waals surface area contributed by atoms with E-state index in [2.05, 4.69) is 20.0 Å². The third-order valence-corrected chi connectivity index (χ3v) is 4.33. The molecule has 0 radical (unpaired) electrons. The van der Waals surface area contributed by atoms with Gasteiger partial charge in [0.2, 0.25) is 0 Å². The fourth-order valence-electron chi connectivity index (χ4n) is 3.04. The van der Waals surface area contributed by atoms with Crippen molar-refractivity contribution >= 4 is 12.0 Å². The summed E-state index contributed by atoms with van der Waals surface area (Å²) in [6, 6.07) is 0.686. The summed E-state index contributed by atoms with van der Waals surface area (Å²) in [7, 11) is 1.22. The lowest BCUT2D eigenvalue weighted by Gasteiger charge is -2.35. The number of H-pyrrole nitrogens is 1. The van der Waals surface area contributed by atoms with Gasteiger partial charge in [0, 0.05) is 24.2 Å². The van der Waals surface area contributed by atoms with E-state index < -0.39 is 35.7 Å². The highest BCUT2D eigenvalue weighted by molar-refractivity contribution is 5.83. The van der Waals surface area contributed by atoms with Crippen LogP contribution in [0.25, 0.3) is 0 Å². The number of methoxy groups -OCH3 is 1. The van der Waals surface area contributed by atoms with Gasteiger partial charge in [0.25, 0.3) is 0 Å². The Labute approximate surface area is 148 Å². The highest BCUT2D eigenvalue weighted by Crippen LogP contribution is 2.35. The zero-order valence-corrected chi connectivity index (χ0v) is 14.3. The lowest BCUT2D eigenvalue weighted by Crippen LogP contribution is -2.50. The number of nitrogens with zero attached hydrogens (tertiary/aromatic N) is 2.